The smallest absolute Gasteiger partial charge is 0.257 e. The minimum Gasteiger partial charge on any atom is -0.507 e. The van der Waals surface area contributed by atoms with Crippen LogP contribution in [0.5, 0.6) is 5.75 Å². The number of aromatic hydroxyl groups is 1. The topological polar surface area (TPSA) is 77.9 Å². The highest BCUT2D eigenvalue weighted by Crippen LogP contribution is 2.31. The fourth-order valence-corrected chi connectivity index (χ4v) is 5.99. The second-order valence-electron chi connectivity index (χ2n) is 7.26. The lowest BCUT2D eigenvalue weighted by Gasteiger charge is -2.44. The van der Waals surface area contributed by atoms with E-state index in [9.17, 15) is 18.3 Å². The van der Waals surface area contributed by atoms with E-state index in [0.717, 1.165) is 6.54 Å². The molecule has 2 fully saturated rings. The molecule has 2 atom stereocenters. The molecule has 0 unspecified atom stereocenters. The van der Waals surface area contributed by atoms with Gasteiger partial charge in [-0.2, -0.15) is 0 Å². The Bertz CT molecular complexity index is 781. The van der Waals surface area contributed by atoms with Crippen molar-refractivity contribution >= 4 is 27.3 Å². The van der Waals surface area contributed by atoms with Crippen LogP contribution in [-0.2, 0) is 9.84 Å². The maximum Gasteiger partial charge on any atom is 0.257 e. The summed E-state index contributed by atoms with van der Waals surface area (Å²) < 4.78 is 24.4. The van der Waals surface area contributed by atoms with Gasteiger partial charge in [-0.1, -0.05) is 25.4 Å². The van der Waals surface area contributed by atoms with Crippen molar-refractivity contribution in [2.45, 2.75) is 25.9 Å². The summed E-state index contributed by atoms with van der Waals surface area (Å²) in [4.78, 5) is 16.7. The Hall–Kier alpha value is -1.31. The van der Waals surface area contributed by atoms with Crippen LogP contribution in [0.4, 0.5) is 0 Å². The lowest BCUT2D eigenvalue weighted by molar-refractivity contribution is 0.0295. The summed E-state index contributed by atoms with van der Waals surface area (Å²) in [5.41, 5.74) is 0.157. The standard InChI is InChI=1S/C17H23ClN2O4S/c1-11(2)8-19-5-6-20(15-10-25(23,24)9-14(15)19)17(22)13-4-3-12(18)7-16(13)21/h3-4,7,11,14-15,21H,5-6,8-10H2,1-2H3/t14-,15+/m1/s1. The fourth-order valence-electron chi connectivity index (χ4n) is 3.81. The zero-order valence-electron chi connectivity index (χ0n) is 14.4. The number of fused-ring (bicyclic) bond motifs is 1. The molecule has 2 saturated heterocycles. The molecule has 2 heterocycles. The number of carbonyl (C=O) groups is 1. The fraction of sp³-hybridized carbons (Fsp3) is 0.588. The van der Waals surface area contributed by atoms with Crippen LogP contribution < -0.4 is 0 Å². The summed E-state index contributed by atoms with van der Waals surface area (Å²) >= 11 is 5.83. The summed E-state index contributed by atoms with van der Waals surface area (Å²) in [6.45, 7) is 6.09. The number of phenolic OH excluding ortho intramolecular Hbond substituents is 1. The molecule has 8 heteroatoms. The number of amides is 1. The lowest BCUT2D eigenvalue weighted by Crippen LogP contribution is -2.61. The number of phenols is 1. The van der Waals surface area contributed by atoms with E-state index in [-0.39, 0.29) is 40.8 Å². The summed E-state index contributed by atoms with van der Waals surface area (Å²) in [5, 5.41) is 10.4. The van der Waals surface area contributed by atoms with Crippen LogP contribution in [0.15, 0.2) is 18.2 Å². The van der Waals surface area contributed by atoms with Gasteiger partial charge >= 0.3 is 0 Å². The third-order valence-electron chi connectivity index (χ3n) is 4.84. The SMILES string of the molecule is CC(C)CN1CCN(C(=O)c2ccc(Cl)cc2O)[C@H]2CS(=O)(=O)C[C@H]21. The second kappa shape index (κ2) is 6.78. The van der Waals surface area contributed by atoms with Crippen molar-refractivity contribution in [2.24, 2.45) is 5.92 Å². The van der Waals surface area contributed by atoms with Crippen molar-refractivity contribution in [3.8, 4) is 5.75 Å². The average Bonchev–Trinajstić information content (AvgIpc) is 2.82. The lowest BCUT2D eigenvalue weighted by atomic mass is 10.0. The summed E-state index contributed by atoms with van der Waals surface area (Å²) in [6.07, 6.45) is 0. The van der Waals surface area contributed by atoms with Crippen LogP contribution in [-0.4, -0.2) is 72.5 Å². The van der Waals surface area contributed by atoms with E-state index in [1.807, 2.05) is 0 Å². The number of hydrogen-bond donors (Lipinski definition) is 1. The molecule has 0 saturated carbocycles. The van der Waals surface area contributed by atoms with Gasteiger partial charge in [0.1, 0.15) is 5.75 Å². The van der Waals surface area contributed by atoms with E-state index in [4.69, 9.17) is 11.6 Å². The minimum absolute atomic E-state index is 0.0215. The van der Waals surface area contributed by atoms with Gasteiger partial charge in [0.25, 0.3) is 5.91 Å². The maximum absolute atomic E-state index is 12.9. The van der Waals surface area contributed by atoms with Crippen molar-refractivity contribution in [3.05, 3.63) is 28.8 Å². The Morgan fingerprint density at radius 1 is 1.28 bits per heavy atom. The zero-order valence-corrected chi connectivity index (χ0v) is 15.9. The van der Waals surface area contributed by atoms with E-state index >= 15 is 0 Å². The van der Waals surface area contributed by atoms with Gasteiger partial charge in [0.15, 0.2) is 9.84 Å². The van der Waals surface area contributed by atoms with E-state index in [0.29, 0.717) is 24.0 Å². The van der Waals surface area contributed by atoms with Crippen molar-refractivity contribution < 1.29 is 18.3 Å². The molecule has 138 valence electrons. The van der Waals surface area contributed by atoms with Crippen LogP contribution in [0.2, 0.25) is 5.02 Å². The van der Waals surface area contributed by atoms with Crippen molar-refractivity contribution in [1.29, 1.82) is 0 Å². The van der Waals surface area contributed by atoms with Gasteiger partial charge in [0, 0.05) is 30.7 Å². The third-order valence-corrected chi connectivity index (χ3v) is 6.78. The molecule has 25 heavy (non-hydrogen) atoms. The van der Waals surface area contributed by atoms with Gasteiger partial charge in [-0.3, -0.25) is 9.69 Å². The second-order valence-corrected chi connectivity index (χ2v) is 9.85. The number of hydrogen-bond acceptors (Lipinski definition) is 5. The number of halogens is 1. The van der Waals surface area contributed by atoms with Crippen molar-refractivity contribution in [3.63, 3.8) is 0 Å². The highest BCUT2D eigenvalue weighted by atomic mass is 35.5. The molecule has 0 bridgehead atoms. The van der Waals surface area contributed by atoms with Crippen LogP contribution in [0.3, 0.4) is 0 Å². The van der Waals surface area contributed by atoms with Crippen LogP contribution in [0.1, 0.15) is 24.2 Å². The Labute approximate surface area is 153 Å². The van der Waals surface area contributed by atoms with E-state index in [1.54, 1.807) is 11.0 Å². The molecule has 2 aliphatic heterocycles. The Morgan fingerprint density at radius 3 is 2.60 bits per heavy atom. The number of sulfone groups is 1. The molecule has 2 aliphatic rings. The Morgan fingerprint density at radius 2 is 1.96 bits per heavy atom. The number of nitrogens with zero attached hydrogens (tertiary/aromatic N) is 2. The monoisotopic (exact) mass is 386 g/mol. The molecule has 3 rings (SSSR count). The maximum atomic E-state index is 12.9. The van der Waals surface area contributed by atoms with Crippen LogP contribution in [0, 0.1) is 5.92 Å². The molecular formula is C17H23ClN2O4S. The predicted molar refractivity (Wildman–Crippen MR) is 96.8 cm³/mol. The van der Waals surface area contributed by atoms with Crippen LogP contribution >= 0.6 is 11.6 Å². The molecule has 1 aromatic rings. The van der Waals surface area contributed by atoms with E-state index in [1.165, 1.54) is 12.1 Å². The molecule has 0 spiro atoms. The molecule has 0 aliphatic carbocycles. The van der Waals surface area contributed by atoms with Crippen molar-refractivity contribution in [2.75, 3.05) is 31.1 Å². The normalized spacial score (nSPS) is 26.0. The van der Waals surface area contributed by atoms with Crippen LogP contribution in [0.25, 0.3) is 0 Å². The molecule has 1 amide bonds. The Balaban J connectivity index is 1.89. The van der Waals surface area contributed by atoms with Crippen molar-refractivity contribution in [1.82, 2.24) is 9.80 Å². The first-order valence-electron chi connectivity index (χ1n) is 8.42. The summed E-state index contributed by atoms with van der Waals surface area (Å²) in [5.74, 6) is -0.0379. The first-order chi connectivity index (χ1) is 11.7. The average molecular weight is 387 g/mol. The highest BCUT2D eigenvalue weighted by molar-refractivity contribution is 7.91. The Kier molecular flexibility index (Phi) is 5.01. The molecule has 0 radical (unpaired) electrons. The quantitative estimate of drug-likeness (QED) is 0.854. The molecule has 1 aromatic carbocycles. The molecule has 6 nitrogen and oxygen atoms in total. The number of carbonyl (C=O) groups excluding carboxylic acids is 1. The van der Waals surface area contributed by atoms with Gasteiger partial charge < -0.3 is 10.0 Å². The summed E-state index contributed by atoms with van der Waals surface area (Å²) in [7, 11) is -3.18. The van der Waals surface area contributed by atoms with E-state index < -0.39 is 9.84 Å². The van der Waals surface area contributed by atoms with Gasteiger partial charge in [0.2, 0.25) is 0 Å². The zero-order chi connectivity index (χ0) is 18.4. The summed E-state index contributed by atoms with van der Waals surface area (Å²) in [6, 6.07) is 3.80. The van der Waals surface area contributed by atoms with Gasteiger partial charge in [-0.05, 0) is 24.1 Å². The van der Waals surface area contributed by atoms with Gasteiger partial charge in [0.05, 0.1) is 23.1 Å². The number of rotatable bonds is 3. The molecule has 1 N–H and O–H groups in total. The third kappa shape index (κ3) is 3.78. The van der Waals surface area contributed by atoms with Gasteiger partial charge in [-0.25, -0.2) is 8.42 Å². The largest absolute Gasteiger partial charge is 0.507 e. The predicted octanol–water partition coefficient (Wildman–Crippen LogP) is 1.62. The highest BCUT2D eigenvalue weighted by Gasteiger charge is 2.48. The minimum atomic E-state index is -3.18. The molecular weight excluding hydrogens is 364 g/mol. The van der Waals surface area contributed by atoms with E-state index in [2.05, 4.69) is 18.7 Å². The van der Waals surface area contributed by atoms with Gasteiger partial charge in [-0.15, -0.1) is 0 Å². The molecule has 0 aromatic heterocycles. The number of piperazine rings is 1. The number of benzene rings is 1. The first kappa shape index (κ1) is 18.5. The first-order valence-corrected chi connectivity index (χ1v) is 10.6.